The minimum absolute atomic E-state index is 0.153. The van der Waals surface area contributed by atoms with Crippen LogP contribution in [0, 0.1) is 5.92 Å². The summed E-state index contributed by atoms with van der Waals surface area (Å²) in [6, 6.07) is 4.96. The molecular weight excluding hydrogens is 278 g/mol. The Kier molecular flexibility index (Phi) is 4.86. The normalized spacial score (nSPS) is 23.6. The van der Waals surface area contributed by atoms with E-state index in [0.29, 0.717) is 22.9 Å². The number of nitrogens with two attached hydrogens (primary N) is 1. The molecule has 0 aromatic heterocycles. The third-order valence-corrected chi connectivity index (χ3v) is 3.96. The standard InChI is InChI=1S/C14H20ClN3O2/c1-9-4-5-18(7-13(9)19)8-14(20)17-12-6-10(16)2-3-11(12)15/h2-3,6,9,13,19H,4-5,7-8,16H2,1H3,(H,17,20). The molecule has 1 fully saturated rings. The van der Waals surface area contributed by atoms with Crippen LogP contribution in [-0.4, -0.2) is 41.7 Å². The quantitative estimate of drug-likeness (QED) is 0.740. The first kappa shape index (κ1) is 15.1. The van der Waals surface area contributed by atoms with E-state index in [2.05, 4.69) is 5.32 Å². The monoisotopic (exact) mass is 297 g/mol. The molecule has 2 atom stereocenters. The Labute approximate surface area is 123 Å². The molecule has 2 unspecified atom stereocenters. The highest BCUT2D eigenvalue weighted by Crippen LogP contribution is 2.24. The van der Waals surface area contributed by atoms with Gasteiger partial charge in [-0.3, -0.25) is 9.69 Å². The van der Waals surface area contributed by atoms with E-state index in [-0.39, 0.29) is 24.5 Å². The predicted octanol–water partition coefficient (Wildman–Crippen LogP) is 1.56. The average Bonchev–Trinajstić information content (AvgIpc) is 2.38. The molecule has 6 heteroatoms. The summed E-state index contributed by atoms with van der Waals surface area (Å²) in [5.74, 6) is 0.136. The number of nitrogens with zero attached hydrogens (tertiary/aromatic N) is 1. The third-order valence-electron chi connectivity index (χ3n) is 3.63. The second-order valence-corrected chi connectivity index (χ2v) is 5.76. The van der Waals surface area contributed by atoms with Crippen molar-refractivity contribution in [1.82, 2.24) is 4.90 Å². The van der Waals surface area contributed by atoms with Crippen molar-refractivity contribution in [1.29, 1.82) is 0 Å². The summed E-state index contributed by atoms with van der Waals surface area (Å²) >= 11 is 6.00. The van der Waals surface area contributed by atoms with Crippen LogP contribution in [0.1, 0.15) is 13.3 Å². The number of hydrogen-bond acceptors (Lipinski definition) is 4. The Bertz CT molecular complexity index is 495. The van der Waals surface area contributed by atoms with Gasteiger partial charge >= 0.3 is 0 Å². The lowest BCUT2D eigenvalue weighted by atomic mass is 9.96. The van der Waals surface area contributed by atoms with E-state index in [4.69, 9.17) is 17.3 Å². The number of carbonyl (C=O) groups is 1. The number of nitrogen functional groups attached to an aromatic ring is 1. The first-order valence-electron chi connectivity index (χ1n) is 6.71. The van der Waals surface area contributed by atoms with Crippen LogP contribution < -0.4 is 11.1 Å². The average molecular weight is 298 g/mol. The number of aliphatic hydroxyl groups is 1. The van der Waals surface area contributed by atoms with Gasteiger partial charge in [-0.25, -0.2) is 0 Å². The first-order chi connectivity index (χ1) is 9.45. The van der Waals surface area contributed by atoms with Gasteiger partial charge in [0.2, 0.25) is 5.91 Å². The number of rotatable bonds is 3. The van der Waals surface area contributed by atoms with Crippen molar-refractivity contribution in [2.75, 3.05) is 30.7 Å². The van der Waals surface area contributed by atoms with Crippen molar-refractivity contribution in [3.63, 3.8) is 0 Å². The summed E-state index contributed by atoms with van der Waals surface area (Å²) in [5.41, 5.74) is 6.73. The van der Waals surface area contributed by atoms with E-state index in [1.54, 1.807) is 18.2 Å². The topological polar surface area (TPSA) is 78.6 Å². The molecule has 20 heavy (non-hydrogen) atoms. The summed E-state index contributed by atoms with van der Waals surface area (Å²) in [6.07, 6.45) is 0.528. The predicted molar refractivity (Wildman–Crippen MR) is 80.7 cm³/mol. The van der Waals surface area contributed by atoms with Crippen LogP contribution in [0.4, 0.5) is 11.4 Å². The Morgan fingerprint density at radius 3 is 3.05 bits per heavy atom. The summed E-state index contributed by atoms with van der Waals surface area (Å²) < 4.78 is 0. The number of halogens is 1. The number of nitrogens with one attached hydrogen (secondary N) is 1. The Balaban J connectivity index is 1.91. The van der Waals surface area contributed by atoms with Crippen LogP contribution in [0.3, 0.4) is 0 Å². The van der Waals surface area contributed by atoms with Gasteiger partial charge in [0.25, 0.3) is 0 Å². The van der Waals surface area contributed by atoms with E-state index in [9.17, 15) is 9.90 Å². The molecule has 4 N–H and O–H groups in total. The number of anilines is 2. The molecule has 1 heterocycles. The molecule has 0 saturated carbocycles. The summed E-state index contributed by atoms with van der Waals surface area (Å²) in [7, 11) is 0. The Hall–Kier alpha value is -1.30. The Morgan fingerprint density at radius 2 is 2.35 bits per heavy atom. The molecule has 1 amide bonds. The largest absolute Gasteiger partial charge is 0.399 e. The minimum atomic E-state index is -0.368. The number of amides is 1. The lowest BCUT2D eigenvalue weighted by Crippen LogP contribution is -2.45. The third kappa shape index (κ3) is 3.85. The molecule has 1 saturated heterocycles. The van der Waals surface area contributed by atoms with E-state index < -0.39 is 0 Å². The van der Waals surface area contributed by atoms with Gasteiger partial charge in [0, 0.05) is 12.2 Å². The molecule has 2 rings (SSSR count). The van der Waals surface area contributed by atoms with Gasteiger partial charge in [-0.1, -0.05) is 18.5 Å². The van der Waals surface area contributed by atoms with E-state index >= 15 is 0 Å². The van der Waals surface area contributed by atoms with Crippen molar-refractivity contribution >= 4 is 28.9 Å². The maximum atomic E-state index is 12.0. The lowest BCUT2D eigenvalue weighted by molar-refractivity contribution is -0.118. The van der Waals surface area contributed by atoms with Crippen LogP contribution in [0.2, 0.25) is 5.02 Å². The molecule has 0 bridgehead atoms. The molecule has 0 aliphatic carbocycles. The second kappa shape index (κ2) is 6.43. The maximum Gasteiger partial charge on any atom is 0.238 e. The van der Waals surface area contributed by atoms with Gasteiger partial charge in [-0.2, -0.15) is 0 Å². The molecule has 1 aromatic carbocycles. The molecule has 0 radical (unpaired) electrons. The van der Waals surface area contributed by atoms with Gasteiger partial charge in [0.1, 0.15) is 0 Å². The minimum Gasteiger partial charge on any atom is -0.399 e. The van der Waals surface area contributed by atoms with Gasteiger partial charge in [0.15, 0.2) is 0 Å². The molecule has 1 aliphatic heterocycles. The zero-order valence-corrected chi connectivity index (χ0v) is 12.2. The number of aliphatic hydroxyl groups excluding tert-OH is 1. The van der Waals surface area contributed by atoms with Gasteiger partial charge in [-0.15, -0.1) is 0 Å². The highest BCUT2D eigenvalue weighted by atomic mass is 35.5. The van der Waals surface area contributed by atoms with E-state index in [1.807, 2.05) is 11.8 Å². The fraction of sp³-hybridized carbons (Fsp3) is 0.500. The number of benzene rings is 1. The van der Waals surface area contributed by atoms with Gasteiger partial charge in [0.05, 0.1) is 23.4 Å². The van der Waals surface area contributed by atoms with Crippen molar-refractivity contribution in [2.45, 2.75) is 19.4 Å². The first-order valence-corrected chi connectivity index (χ1v) is 7.09. The van der Waals surface area contributed by atoms with Crippen LogP contribution >= 0.6 is 11.6 Å². The highest BCUT2D eigenvalue weighted by Gasteiger charge is 2.25. The molecule has 110 valence electrons. The van der Waals surface area contributed by atoms with E-state index in [1.165, 1.54) is 0 Å². The summed E-state index contributed by atoms with van der Waals surface area (Å²) in [4.78, 5) is 13.9. The maximum absolute atomic E-state index is 12.0. The second-order valence-electron chi connectivity index (χ2n) is 5.36. The van der Waals surface area contributed by atoms with Crippen molar-refractivity contribution in [2.24, 2.45) is 5.92 Å². The van der Waals surface area contributed by atoms with Crippen LogP contribution in [-0.2, 0) is 4.79 Å². The SMILES string of the molecule is CC1CCN(CC(=O)Nc2cc(N)ccc2Cl)CC1O. The smallest absolute Gasteiger partial charge is 0.238 e. The van der Waals surface area contributed by atoms with Crippen molar-refractivity contribution in [3.8, 4) is 0 Å². The zero-order chi connectivity index (χ0) is 14.7. The van der Waals surface area contributed by atoms with Gasteiger partial charge < -0.3 is 16.2 Å². The number of carbonyl (C=O) groups excluding carboxylic acids is 1. The highest BCUT2D eigenvalue weighted by molar-refractivity contribution is 6.33. The zero-order valence-electron chi connectivity index (χ0n) is 11.5. The molecule has 1 aromatic rings. The fourth-order valence-corrected chi connectivity index (χ4v) is 2.45. The number of β-amino-alcohol motifs (C(OH)–C–C–N with tert-alkyl or cyclic N) is 1. The molecule has 0 spiro atoms. The van der Waals surface area contributed by atoms with Crippen LogP contribution in [0.25, 0.3) is 0 Å². The van der Waals surface area contributed by atoms with Crippen LogP contribution in [0.5, 0.6) is 0 Å². The summed E-state index contributed by atoms with van der Waals surface area (Å²) in [6.45, 7) is 3.61. The number of hydrogen-bond donors (Lipinski definition) is 3. The fourth-order valence-electron chi connectivity index (χ4n) is 2.29. The van der Waals surface area contributed by atoms with Crippen LogP contribution in [0.15, 0.2) is 18.2 Å². The lowest BCUT2D eigenvalue weighted by Gasteiger charge is -2.33. The van der Waals surface area contributed by atoms with Gasteiger partial charge in [-0.05, 0) is 37.1 Å². The molecule has 5 nitrogen and oxygen atoms in total. The van der Waals surface area contributed by atoms with E-state index in [0.717, 1.165) is 13.0 Å². The van der Waals surface area contributed by atoms with Crippen molar-refractivity contribution < 1.29 is 9.90 Å². The molecular formula is C14H20ClN3O2. The Morgan fingerprint density at radius 1 is 1.60 bits per heavy atom. The summed E-state index contributed by atoms with van der Waals surface area (Å²) in [5, 5.41) is 13.0. The number of piperidine rings is 1. The number of likely N-dealkylation sites (tertiary alicyclic amines) is 1. The van der Waals surface area contributed by atoms with Crippen molar-refractivity contribution in [3.05, 3.63) is 23.2 Å². The molecule has 1 aliphatic rings.